The molecule has 3 heterocycles. The first-order valence-electron chi connectivity index (χ1n) is 16.0. The van der Waals surface area contributed by atoms with Gasteiger partial charge in [0.15, 0.2) is 23.1 Å². The van der Waals surface area contributed by atoms with E-state index >= 15 is 0 Å². The van der Waals surface area contributed by atoms with E-state index in [0.29, 0.717) is 17.5 Å². The van der Waals surface area contributed by atoms with Gasteiger partial charge in [0, 0.05) is 38.2 Å². The molecule has 5 nitrogen and oxygen atoms in total. The molecule has 0 bridgehead atoms. The van der Waals surface area contributed by atoms with Crippen LogP contribution in [0.4, 0.5) is 0 Å². The van der Waals surface area contributed by atoms with Crippen molar-refractivity contribution in [2.75, 3.05) is 0 Å². The molecule has 0 unspecified atom stereocenters. The molecule has 224 valence electrons. The zero-order chi connectivity index (χ0) is 31.6. The van der Waals surface area contributed by atoms with Gasteiger partial charge in [0.2, 0.25) is 0 Å². The minimum Gasteiger partial charge on any atom is -0.454 e. The van der Waals surface area contributed by atoms with Gasteiger partial charge in [-0.1, -0.05) is 127 Å². The van der Waals surface area contributed by atoms with Crippen LogP contribution < -0.4 is 0 Å². The molecular weight excluding hydrogens is 589 g/mol. The summed E-state index contributed by atoms with van der Waals surface area (Å²) in [7, 11) is 0. The molecular formula is C43H26N4O. The lowest BCUT2D eigenvalue weighted by Gasteiger charge is -2.12. The number of aromatic nitrogens is 4. The van der Waals surface area contributed by atoms with Crippen molar-refractivity contribution in [2.45, 2.75) is 0 Å². The lowest BCUT2D eigenvalue weighted by atomic mass is 10.0. The first-order valence-corrected chi connectivity index (χ1v) is 16.0. The molecule has 10 aromatic rings. The van der Waals surface area contributed by atoms with Crippen LogP contribution in [0.2, 0.25) is 0 Å². The predicted octanol–water partition coefficient (Wildman–Crippen LogP) is 11.0. The summed E-state index contributed by atoms with van der Waals surface area (Å²) >= 11 is 0. The van der Waals surface area contributed by atoms with E-state index in [4.69, 9.17) is 19.4 Å². The van der Waals surface area contributed by atoms with E-state index in [-0.39, 0.29) is 0 Å². The summed E-state index contributed by atoms with van der Waals surface area (Å²) in [6.45, 7) is 0. The molecule has 7 aromatic carbocycles. The van der Waals surface area contributed by atoms with E-state index < -0.39 is 0 Å². The summed E-state index contributed by atoms with van der Waals surface area (Å²) in [4.78, 5) is 15.1. The van der Waals surface area contributed by atoms with Crippen molar-refractivity contribution < 1.29 is 4.42 Å². The molecule has 0 aliphatic carbocycles. The maximum absolute atomic E-state index is 6.79. The Morgan fingerprint density at radius 3 is 1.77 bits per heavy atom. The Balaban J connectivity index is 1.30. The minimum absolute atomic E-state index is 0.596. The van der Waals surface area contributed by atoms with Crippen molar-refractivity contribution in [3.63, 3.8) is 0 Å². The van der Waals surface area contributed by atoms with Gasteiger partial charge < -0.3 is 8.98 Å². The van der Waals surface area contributed by atoms with Gasteiger partial charge in [0.1, 0.15) is 5.58 Å². The van der Waals surface area contributed by atoms with Crippen molar-refractivity contribution in [1.29, 1.82) is 0 Å². The van der Waals surface area contributed by atoms with Crippen molar-refractivity contribution in [3.05, 3.63) is 158 Å². The van der Waals surface area contributed by atoms with Gasteiger partial charge in [-0.25, -0.2) is 15.0 Å². The van der Waals surface area contributed by atoms with Gasteiger partial charge in [-0.05, 0) is 41.1 Å². The fourth-order valence-corrected chi connectivity index (χ4v) is 7.10. The fourth-order valence-electron chi connectivity index (χ4n) is 7.10. The van der Waals surface area contributed by atoms with Crippen LogP contribution in [0.25, 0.3) is 94.4 Å². The zero-order valence-corrected chi connectivity index (χ0v) is 25.7. The minimum atomic E-state index is 0.596. The average Bonchev–Trinajstić information content (AvgIpc) is 3.72. The number of hydrogen-bond donors (Lipinski definition) is 0. The first kappa shape index (κ1) is 26.6. The standard InChI is InChI=1S/C43H26N4O/c1-3-14-28(15-4-1)41-44-42(29-16-5-2-6-17-29)46-43(45-41)33-24-26-36(40-39(33)32-20-10-12-22-37(32)48-40)47-34-21-11-9-19-31(34)38-30-18-8-7-13-27(30)23-25-35(38)47/h1-26H. The van der Waals surface area contributed by atoms with Crippen LogP contribution in [0.5, 0.6) is 0 Å². The smallest absolute Gasteiger partial charge is 0.164 e. The summed E-state index contributed by atoms with van der Waals surface area (Å²) in [6, 6.07) is 54.3. The lowest BCUT2D eigenvalue weighted by Crippen LogP contribution is -2.01. The molecule has 0 N–H and O–H groups in total. The van der Waals surface area contributed by atoms with Crippen molar-refractivity contribution in [2.24, 2.45) is 0 Å². The highest BCUT2D eigenvalue weighted by Crippen LogP contribution is 2.43. The fraction of sp³-hybridized carbons (Fsp3) is 0. The van der Waals surface area contributed by atoms with Crippen LogP contribution in [-0.4, -0.2) is 19.5 Å². The maximum Gasteiger partial charge on any atom is 0.164 e. The van der Waals surface area contributed by atoms with Crippen LogP contribution in [0.1, 0.15) is 0 Å². The number of nitrogens with zero attached hydrogens (tertiary/aromatic N) is 4. The summed E-state index contributed by atoms with van der Waals surface area (Å²) < 4.78 is 9.13. The summed E-state index contributed by atoms with van der Waals surface area (Å²) in [6.07, 6.45) is 0. The molecule has 3 aromatic heterocycles. The van der Waals surface area contributed by atoms with Crippen molar-refractivity contribution in [1.82, 2.24) is 19.5 Å². The number of furan rings is 1. The van der Waals surface area contributed by atoms with E-state index in [2.05, 4.69) is 89.5 Å². The Hall–Kier alpha value is -6.59. The third-order valence-corrected chi connectivity index (χ3v) is 9.25. The highest BCUT2D eigenvalue weighted by Gasteiger charge is 2.23. The molecule has 5 heteroatoms. The quantitative estimate of drug-likeness (QED) is 0.198. The van der Waals surface area contributed by atoms with E-state index in [1.54, 1.807) is 0 Å². The van der Waals surface area contributed by atoms with Crippen LogP contribution in [0, 0.1) is 0 Å². The van der Waals surface area contributed by atoms with Crippen LogP contribution in [0.3, 0.4) is 0 Å². The van der Waals surface area contributed by atoms with E-state index in [1.807, 2.05) is 72.8 Å². The molecule has 0 saturated carbocycles. The molecule has 0 atom stereocenters. The monoisotopic (exact) mass is 614 g/mol. The molecule has 0 spiro atoms. The van der Waals surface area contributed by atoms with E-state index in [9.17, 15) is 0 Å². The molecule has 0 fully saturated rings. The van der Waals surface area contributed by atoms with Gasteiger partial charge in [-0.15, -0.1) is 0 Å². The van der Waals surface area contributed by atoms with Gasteiger partial charge in [0.05, 0.1) is 16.7 Å². The topological polar surface area (TPSA) is 56.7 Å². The molecule has 0 aliphatic heterocycles. The van der Waals surface area contributed by atoms with Crippen LogP contribution in [-0.2, 0) is 0 Å². The van der Waals surface area contributed by atoms with Crippen LogP contribution >= 0.6 is 0 Å². The number of rotatable bonds is 4. The average molecular weight is 615 g/mol. The molecule has 0 aliphatic rings. The summed E-state index contributed by atoms with van der Waals surface area (Å²) in [5.74, 6) is 1.84. The second kappa shape index (κ2) is 10.5. The Kier molecular flexibility index (Phi) is 5.81. The number of para-hydroxylation sites is 2. The van der Waals surface area contributed by atoms with Gasteiger partial charge in [-0.2, -0.15) is 0 Å². The third kappa shape index (κ3) is 4.01. The second-order valence-corrected chi connectivity index (χ2v) is 12.0. The Morgan fingerprint density at radius 1 is 0.417 bits per heavy atom. The Morgan fingerprint density at radius 2 is 1.02 bits per heavy atom. The largest absolute Gasteiger partial charge is 0.454 e. The zero-order valence-electron chi connectivity index (χ0n) is 25.7. The van der Waals surface area contributed by atoms with E-state index in [0.717, 1.165) is 55.3 Å². The normalized spacial score (nSPS) is 11.8. The Labute approximate surface area is 275 Å². The van der Waals surface area contributed by atoms with Crippen LogP contribution in [0.15, 0.2) is 162 Å². The number of hydrogen-bond acceptors (Lipinski definition) is 4. The highest BCUT2D eigenvalue weighted by molar-refractivity contribution is 6.22. The van der Waals surface area contributed by atoms with Gasteiger partial charge >= 0.3 is 0 Å². The van der Waals surface area contributed by atoms with Crippen molar-refractivity contribution in [3.8, 4) is 39.9 Å². The molecule has 10 rings (SSSR count). The van der Waals surface area contributed by atoms with Crippen molar-refractivity contribution >= 4 is 54.5 Å². The highest BCUT2D eigenvalue weighted by atomic mass is 16.3. The Bertz CT molecular complexity index is 2780. The number of benzene rings is 7. The van der Waals surface area contributed by atoms with E-state index in [1.165, 1.54) is 21.5 Å². The lowest BCUT2D eigenvalue weighted by molar-refractivity contribution is 0.666. The molecule has 0 radical (unpaired) electrons. The van der Waals surface area contributed by atoms with Gasteiger partial charge in [0.25, 0.3) is 0 Å². The SMILES string of the molecule is c1ccc(-c2nc(-c3ccccc3)nc(-c3ccc(-n4c5ccccc5c5c6ccccc6ccc54)c4oc5ccccc5c34)n2)cc1. The predicted molar refractivity (Wildman–Crippen MR) is 195 cm³/mol. The third-order valence-electron chi connectivity index (χ3n) is 9.25. The first-order chi connectivity index (χ1) is 23.8. The summed E-state index contributed by atoms with van der Waals surface area (Å²) in [5.41, 5.74) is 7.56. The molecule has 0 saturated heterocycles. The summed E-state index contributed by atoms with van der Waals surface area (Å²) in [5, 5.41) is 6.87. The number of fused-ring (bicyclic) bond motifs is 8. The molecule has 48 heavy (non-hydrogen) atoms. The van der Waals surface area contributed by atoms with Gasteiger partial charge in [-0.3, -0.25) is 0 Å². The maximum atomic E-state index is 6.79. The second-order valence-electron chi connectivity index (χ2n) is 12.0. The molecule has 0 amide bonds.